The third-order valence-electron chi connectivity index (χ3n) is 0.471. The summed E-state index contributed by atoms with van der Waals surface area (Å²) >= 11 is 0. The molecule has 4 N–H and O–H groups in total. The number of hydrogen-bond acceptors (Lipinski definition) is 2. The van der Waals surface area contributed by atoms with Gasteiger partial charge in [0.1, 0.15) is 0 Å². The Morgan fingerprint density at radius 3 is 1.54 bits per heavy atom. The number of primary amides is 2. The quantitative estimate of drug-likeness (QED) is 0.511. The van der Waals surface area contributed by atoms with E-state index in [9.17, 15) is 0 Å². The van der Waals surface area contributed by atoms with Gasteiger partial charge in [0, 0.05) is 0 Å². The highest BCUT2D eigenvalue weighted by atomic mass is 16.5. The molecule has 0 aromatic heterocycles. The highest BCUT2D eigenvalue weighted by Crippen LogP contribution is 1.72. The summed E-state index contributed by atoms with van der Waals surface area (Å²) in [5.41, 5.74) is 8.50. The molecule has 0 aliphatic rings. The van der Waals surface area contributed by atoms with Crippen molar-refractivity contribution in [3.05, 3.63) is 38.5 Å². The molecule has 0 saturated heterocycles. The monoisotopic (exact) mass is 186 g/mol. The fraction of sp³-hybridized carbons (Fsp3) is 0.222. The maximum Gasteiger partial charge on any atom is 0.309 e. The number of nitrogens with two attached hydrogens (primary N) is 2. The molecular formula is C9H18N2O2. The van der Waals surface area contributed by atoms with Crippen LogP contribution in [0.5, 0.6) is 0 Å². The summed E-state index contributed by atoms with van der Waals surface area (Å²) in [6, 6.07) is -0.833. The smallest absolute Gasteiger partial charge is 0.309 e. The molecule has 0 fully saturated rings. The Balaban J connectivity index is -0.000000142. The summed E-state index contributed by atoms with van der Waals surface area (Å²) in [6.07, 6.45) is 3.42. The normalized spacial score (nSPS) is 6.46. The molecular weight excluding hydrogens is 168 g/mol. The molecule has 0 aliphatic heterocycles. The van der Waals surface area contributed by atoms with E-state index in [2.05, 4.69) is 37.8 Å². The first-order valence-electron chi connectivity index (χ1n) is 3.49. The van der Waals surface area contributed by atoms with Crippen LogP contribution in [0.1, 0.15) is 0 Å². The van der Waals surface area contributed by atoms with Gasteiger partial charge in [-0.05, 0) is 0 Å². The number of urea groups is 1. The minimum absolute atomic E-state index is 0.617. The Bertz CT molecular complexity index is 124. The number of carbonyl (C=O) groups excluding carboxylic acids is 1. The van der Waals surface area contributed by atoms with E-state index in [4.69, 9.17) is 9.53 Å². The van der Waals surface area contributed by atoms with E-state index >= 15 is 0 Å². The lowest BCUT2D eigenvalue weighted by molar-refractivity contribution is 0.194. The Kier molecular flexibility index (Phi) is 30.2. The van der Waals surface area contributed by atoms with Gasteiger partial charge in [-0.2, -0.15) is 0 Å². The molecule has 76 valence electrons. The number of rotatable bonds is 4. The van der Waals surface area contributed by atoms with Gasteiger partial charge < -0.3 is 16.2 Å². The van der Waals surface area contributed by atoms with Crippen molar-refractivity contribution in [1.82, 2.24) is 0 Å². The van der Waals surface area contributed by atoms with Crippen LogP contribution in [0.25, 0.3) is 0 Å². The third-order valence-corrected chi connectivity index (χ3v) is 0.471. The van der Waals surface area contributed by atoms with Crippen LogP contribution in [0.4, 0.5) is 4.79 Å². The summed E-state index contributed by atoms with van der Waals surface area (Å²) in [7, 11) is 0. The molecule has 2 amide bonds. The number of carbonyl (C=O) groups is 1. The topological polar surface area (TPSA) is 78.3 Å². The van der Waals surface area contributed by atoms with Gasteiger partial charge >= 0.3 is 6.03 Å². The molecule has 0 unspecified atom stereocenters. The maximum absolute atomic E-state index is 9.00. The zero-order chi connectivity index (χ0) is 11.1. The Morgan fingerprint density at radius 2 is 1.38 bits per heavy atom. The molecule has 0 aliphatic carbocycles. The summed E-state index contributed by atoms with van der Waals surface area (Å²) in [6.45, 7) is 14.2. The molecule has 0 bridgehead atoms. The minimum Gasteiger partial charge on any atom is -0.373 e. The number of amides is 2. The van der Waals surface area contributed by atoms with Gasteiger partial charge in [-0.25, -0.2) is 4.79 Å². The van der Waals surface area contributed by atoms with E-state index in [0.29, 0.717) is 13.2 Å². The summed E-state index contributed by atoms with van der Waals surface area (Å²) in [5, 5.41) is 0. The van der Waals surface area contributed by atoms with Crippen molar-refractivity contribution in [2.45, 2.75) is 0 Å². The van der Waals surface area contributed by atoms with Crippen LogP contribution >= 0.6 is 0 Å². The predicted molar refractivity (Wildman–Crippen MR) is 56.2 cm³/mol. The van der Waals surface area contributed by atoms with E-state index in [1.807, 2.05) is 0 Å². The van der Waals surface area contributed by atoms with Gasteiger partial charge in [-0.1, -0.05) is 12.2 Å². The molecule has 0 saturated carbocycles. The van der Waals surface area contributed by atoms with Crippen LogP contribution in [0.2, 0.25) is 0 Å². The lowest BCUT2D eigenvalue weighted by atomic mass is 10.6. The molecule has 4 nitrogen and oxygen atoms in total. The van der Waals surface area contributed by atoms with E-state index in [1.165, 1.54) is 0 Å². The van der Waals surface area contributed by atoms with Crippen LogP contribution < -0.4 is 11.5 Å². The van der Waals surface area contributed by atoms with Crippen molar-refractivity contribution < 1.29 is 9.53 Å². The Hall–Kier alpha value is -1.55. The van der Waals surface area contributed by atoms with E-state index in [-0.39, 0.29) is 0 Å². The average Bonchev–Trinajstić information content (AvgIpc) is 2.08. The van der Waals surface area contributed by atoms with Crippen LogP contribution in [0, 0.1) is 0 Å². The van der Waals surface area contributed by atoms with Crippen LogP contribution in [0.15, 0.2) is 38.5 Å². The number of hydrogen-bond donors (Lipinski definition) is 2. The van der Waals surface area contributed by atoms with Gasteiger partial charge in [0.25, 0.3) is 0 Å². The summed E-state index contributed by atoms with van der Waals surface area (Å²) in [4.78, 5) is 9.00. The number of ether oxygens (including phenoxy) is 1. The van der Waals surface area contributed by atoms with Crippen LogP contribution in [-0.4, -0.2) is 19.2 Å². The molecule has 0 aromatic rings. The SMILES string of the molecule is C=C.C=CCOCC=C.NC(N)=O. The van der Waals surface area contributed by atoms with E-state index < -0.39 is 6.03 Å². The first-order valence-corrected chi connectivity index (χ1v) is 3.49. The maximum atomic E-state index is 9.00. The van der Waals surface area contributed by atoms with Crippen LogP contribution in [-0.2, 0) is 4.74 Å². The molecule has 0 heterocycles. The first kappa shape index (κ1) is 17.5. The third kappa shape index (κ3) is 124. The molecule has 13 heavy (non-hydrogen) atoms. The first-order chi connectivity index (χ1) is 6.15. The largest absolute Gasteiger partial charge is 0.373 e. The zero-order valence-corrected chi connectivity index (χ0v) is 7.87. The second-order valence-electron chi connectivity index (χ2n) is 1.52. The van der Waals surface area contributed by atoms with Gasteiger partial charge in [0.2, 0.25) is 0 Å². The van der Waals surface area contributed by atoms with E-state index in [1.54, 1.807) is 12.2 Å². The van der Waals surface area contributed by atoms with E-state index in [0.717, 1.165) is 0 Å². The zero-order valence-electron chi connectivity index (χ0n) is 7.87. The fourth-order valence-corrected chi connectivity index (χ4v) is 0.235. The van der Waals surface area contributed by atoms with Crippen molar-refractivity contribution in [2.24, 2.45) is 11.5 Å². The molecule has 0 rings (SSSR count). The van der Waals surface area contributed by atoms with Crippen molar-refractivity contribution in [1.29, 1.82) is 0 Å². The van der Waals surface area contributed by atoms with Crippen LogP contribution in [0.3, 0.4) is 0 Å². The lowest BCUT2D eigenvalue weighted by Crippen LogP contribution is -2.18. The molecule has 0 aromatic carbocycles. The van der Waals surface area contributed by atoms with Crippen molar-refractivity contribution in [3.63, 3.8) is 0 Å². The second kappa shape index (κ2) is 22.4. The highest BCUT2D eigenvalue weighted by Gasteiger charge is 1.70. The van der Waals surface area contributed by atoms with Gasteiger partial charge in [0.15, 0.2) is 0 Å². The summed E-state index contributed by atoms with van der Waals surface area (Å²) in [5.74, 6) is 0. The lowest BCUT2D eigenvalue weighted by Gasteiger charge is -1.89. The molecule has 0 atom stereocenters. The standard InChI is InChI=1S/C6H10O.C2H4.CH4N2O/c1-3-5-7-6-4-2;1-2;2-1(3)4/h3-4H,1-2,5-6H2;1-2H2;(H4,2,3,4). The Morgan fingerprint density at radius 1 is 1.15 bits per heavy atom. The molecule has 0 radical (unpaired) electrons. The van der Waals surface area contributed by atoms with Gasteiger partial charge in [-0.15, -0.1) is 26.3 Å². The van der Waals surface area contributed by atoms with Gasteiger partial charge in [-0.3, -0.25) is 0 Å². The highest BCUT2D eigenvalue weighted by molar-refractivity contribution is 5.69. The van der Waals surface area contributed by atoms with Crippen molar-refractivity contribution >= 4 is 6.03 Å². The fourth-order valence-electron chi connectivity index (χ4n) is 0.235. The minimum atomic E-state index is -0.833. The molecule has 0 spiro atoms. The summed E-state index contributed by atoms with van der Waals surface area (Å²) < 4.78 is 4.90. The molecule has 4 heteroatoms. The van der Waals surface area contributed by atoms with Crippen molar-refractivity contribution in [3.8, 4) is 0 Å². The van der Waals surface area contributed by atoms with Gasteiger partial charge in [0.05, 0.1) is 13.2 Å². The predicted octanol–water partition coefficient (Wildman–Crippen LogP) is 1.20. The van der Waals surface area contributed by atoms with Crippen molar-refractivity contribution in [2.75, 3.05) is 13.2 Å². The average molecular weight is 186 g/mol. The second-order valence-corrected chi connectivity index (χ2v) is 1.52. The Labute approximate surface area is 79.6 Å².